The second kappa shape index (κ2) is 6.30. The predicted molar refractivity (Wildman–Crippen MR) is 87.1 cm³/mol. The van der Waals surface area contributed by atoms with Gasteiger partial charge in [-0.3, -0.25) is 4.79 Å². The van der Waals surface area contributed by atoms with E-state index in [-0.39, 0.29) is 6.61 Å². The maximum absolute atomic E-state index is 10.9. The highest BCUT2D eigenvalue weighted by Gasteiger charge is 2.16. The summed E-state index contributed by atoms with van der Waals surface area (Å²) >= 11 is 14.1. The molecule has 2 rings (SSSR count). The number of fused-ring (bicyclic) bond motifs is 1. The smallest absolute Gasteiger partial charge is 0.237 e. The second-order valence-electron chi connectivity index (χ2n) is 4.02. The number of nitrogens with two attached hydrogens (primary N) is 2. The number of amides is 1. The van der Waals surface area contributed by atoms with Crippen molar-refractivity contribution in [1.29, 1.82) is 0 Å². The SMILES string of the molecule is NC(=O)C(N)COc1c(I)cc(Cl)c2ccc(Cl)nc12. The number of ether oxygens (including phenoxy) is 1. The highest BCUT2D eigenvalue weighted by molar-refractivity contribution is 14.1. The summed E-state index contributed by atoms with van der Waals surface area (Å²) < 4.78 is 6.31. The third-order valence-electron chi connectivity index (χ3n) is 2.58. The van der Waals surface area contributed by atoms with E-state index >= 15 is 0 Å². The highest BCUT2D eigenvalue weighted by Crippen LogP contribution is 2.35. The Morgan fingerprint density at radius 2 is 2.15 bits per heavy atom. The first-order chi connectivity index (χ1) is 9.40. The van der Waals surface area contributed by atoms with Gasteiger partial charge in [-0.25, -0.2) is 4.98 Å². The van der Waals surface area contributed by atoms with Gasteiger partial charge in [0, 0.05) is 5.39 Å². The summed E-state index contributed by atoms with van der Waals surface area (Å²) in [4.78, 5) is 15.1. The number of benzene rings is 1. The van der Waals surface area contributed by atoms with E-state index in [4.69, 9.17) is 39.4 Å². The van der Waals surface area contributed by atoms with E-state index in [1.807, 2.05) is 0 Å². The summed E-state index contributed by atoms with van der Waals surface area (Å²) in [6, 6.07) is 4.24. The predicted octanol–water partition coefficient (Wildman–Crippen LogP) is 2.34. The fourth-order valence-corrected chi connectivity index (χ4v) is 2.88. The average Bonchev–Trinajstić information content (AvgIpc) is 2.37. The van der Waals surface area contributed by atoms with Crippen molar-refractivity contribution in [2.45, 2.75) is 6.04 Å². The third kappa shape index (κ3) is 3.25. The van der Waals surface area contributed by atoms with Crippen molar-refractivity contribution in [3.8, 4) is 5.75 Å². The molecule has 0 spiro atoms. The minimum atomic E-state index is -0.893. The maximum atomic E-state index is 10.9. The molecule has 1 atom stereocenters. The summed E-state index contributed by atoms with van der Waals surface area (Å²) in [6.07, 6.45) is 0. The molecule has 1 unspecified atom stereocenters. The molecule has 20 heavy (non-hydrogen) atoms. The van der Waals surface area contributed by atoms with Crippen LogP contribution in [0.2, 0.25) is 10.2 Å². The van der Waals surface area contributed by atoms with Crippen LogP contribution in [0.5, 0.6) is 5.75 Å². The minimum absolute atomic E-state index is 0.0454. The number of primary amides is 1. The van der Waals surface area contributed by atoms with E-state index < -0.39 is 11.9 Å². The van der Waals surface area contributed by atoms with Gasteiger partial charge in [0.05, 0.1) is 8.59 Å². The third-order valence-corrected chi connectivity index (χ3v) is 3.90. The number of aromatic nitrogens is 1. The molecule has 0 fully saturated rings. The first-order valence-electron chi connectivity index (χ1n) is 5.52. The Bertz CT molecular complexity index is 681. The van der Waals surface area contributed by atoms with Crippen LogP contribution >= 0.6 is 45.8 Å². The van der Waals surface area contributed by atoms with E-state index in [0.29, 0.717) is 26.8 Å². The number of hydrogen-bond donors (Lipinski definition) is 2. The van der Waals surface area contributed by atoms with Crippen LogP contribution in [-0.2, 0) is 4.79 Å². The van der Waals surface area contributed by atoms with Crippen LogP contribution in [0.4, 0.5) is 0 Å². The normalized spacial score (nSPS) is 12.4. The Hall–Kier alpha value is -0.830. The van der Waals surface area contributed by atoms with Crippen molar-refractivity contribution < 1.29 is 9.53 Å². The van der Waals surface area contributed by atoms with Crippen molar-refractivity contribution in [1.82, 2.24) is 4.98 Å². The van der Waals surface area contributed by atoms with Gasteiger partial charge in [0.15, 0.2) is 5.75 Å². The number of hydrogen-bond acceptors (Lipinski definition) is 4. The molecule has 5 nitrogen and oxygen atoms in total. The van der Waals surface area contributed by atoms with Gasteiger partial charge in [-0.05, 0) is 40.8 Å². The zero-order valence-corrected chi connectivity index (χ0v) is 13.7. The molecule has 1 amide bonds. The lowest BCUT2D eigenvalue weighted by molar-refractivity contribution is -0.119. The topological polar surface area (TPSA) is 91.2 Å². The van der Waals surface area contributed by atoms with Gasteiger partial charge >= 0.3 is 0 Å². The van der Waals surface area contributed by atoms with E-state index in [0.717, 1.165) is 3.57 Å². The van der Waals surface area contributed by atoms with E-state index in [9.17, 15) is 4.79 Å². The summed E-state index contributed by atoms with van der Waals surface area (Å²) in [5, 5.41) is 1.57. The molecule has 0 aliphatic carbocycles. The molecule has 1 heterocycles. The number of carbonyl (C=O) groups is 1. The van der Waals surface area contributed by atoms with Gasteiger partial charge in [-0.1, -0.05) is 23.2 Å². The number of halogens is 3. The van der Waals surface area contributed by atoms with Crippen LogP contribution in [0.25, 0.3) is 10.9 Å². The number of rotatable bonds is 4. The van der Waals surface area contributed by atoms with Crippen LogP contribution in [0.3, 0.4) is 0 Å². The van der Waals surface area contributed by atoms with Gasteiger partial charge in [-0.2, -0.15) is 0 Å². The Morgan fingerprint density at radius 3 is 2.80 bits per heavy atom. The second-order valence-corrected chi connectivity index (χ2v) is 5.98. The Labute approximate surface area is 138 Å². The molecule has 1 aromatic carbocycles. The van der Waals surface area contributed by atoms with Crippen molar-refractivity contribution in [3.63, 3.8) is 0 Å². The van der Waals surface area contributed by atoms with Crippen LogP contribution in [0, 0.1) is 3.57 Å². The van der Waals surface area contributed by atoms with Crippen LogP contribution in [0.15, 0.2) is 18.2 Å². The molecule has 106 valence electrons. The van der Waals surface area contributed by atoms with Crippen molar-refractivity contribution in [3.05, 3.63) is 31.9 Å². The van der Waals surface area contributed by atoms with Gasteiger partial charge < -0.3 is 16.2 Å². The molecule has 4 N–H and O–H groups in total. The molecule has 2 aromatic rings. The zero-order valence-electron chi connectivity index (χ0n) is 10.1. The fourth-order valence-electron chi connectivity index (χ4n) is 1.56. The molecule has 0 bridgehead atoms. The van der Waals surface area contributed by atoms with Gasteiger partial charge in [0.2, 0.25) is 5.91 Å². The molecular weight excluding hydrogens is 416 g/mol. The summed E-state index contributed by atoms with van der Waals surface area (Å²) in [5.74, 6) is -0.159. The number of pyridine rings is 1. The Balaban J connectivity index is 2.46. The lowest BCUT2D eigenvalue weighted by atomic mass is 10.2. The molecule has 0 radical (unpaired) electrons. The first-order valence-corrected chi connectivity index (χ1v) is 7.35. The summed E-state index contributed by atoms with van der Waals surface area (Å²) in [7, 11) is 0. The Kier molecular flexibility index (Phi) is 4.90. The molecule has 0 saturated carbocycles. The highest BCUT2D eigenvalue weighted by atomic mass is 127. The van der Waals surface area contributed by atoms with Gasteiger partial charge in [0.25, 0.3) is 0 Å². The van der Waals surface area contributed by atoms with Crippen molar-refractivity contribution in [2.24, 2.45) is 11.5 Å². The maximum Gasteiger partial charge on any atom is 0.237 e. The number of nitrogens with zero attached hydrogens (tertiary/aromatic N) is 1. The number of carbonyl (C=O) groups excluding carboxylic acids is 1. The van der Waals surface area contributed by atoms with Crippen molar-refractivity contribution in [2.75, 3.05) is 6.61 Å². The van der Waals surface area contributed by atoms with Crippen LogP contribution in [0.1, 0.15) is 0 Å². The van der Waals surface area contributed by atoms with E-state index in [1.165, 1.54) is 0 Å². The zero-order chi connectivity index (χ0) is 14.9. The monoisotopic (exact) mass is 425 g/mol. The van der Waals surface area contributed by atoms with Crippen LogP contribution in [-0.4, -0.2) is 23.5 Å². The van der Waals surface area contributed by atoms with Crippen molar-refractivity contribution >= 4 is 62.6 Å². The van der Waals surface area contributed by atoms with E-state index in [1.54, 1.807) is 18.2 Å². The molecule has 0 aliphatic rings. The molecular formula is C12H10Cl2IN3O2. The molecule has 0 saturated heterocycles. The standard InChI is InChI=1S/C12H10Cl2IN3O2/c13-6-3-7(15)11(20-4-8(16)12(17)19)10-5(6)1-2-9(14)18-10/h1-3,8H,4,16H2,(H2,17,19). The molecule has 8 heteroatoms. The van der Waals surface area contributed by atoms with E-state index in [2.05, 4.69) is 27.6 Å². The average molecular weight is 426 g/mol. The largest absolute Gasteiger partial charge is 0.488 e. The summed E-state index contributed by atoms with van der Waals surface area (Å²) in [5.41, 5.74) is 11.2. The lowest BCUT2D eigenvalue weighted by Gasteiger charge is -2.14. The van der Waals surface area contributed by atoms with Crippen LogP contribution < -0.4 is 16.2 Å². The quantitative estimate of drug-likeness (QED) is 0.581. The minimum Gasteiger partial charge on any atom is -0.488 e. The fraction of sp³-hybridized carbons (Fsp3) is 0.167. The van der Waals surface area contributed by atoms with Gasteiger partial charge in [-0.15, -0.1) is 0 Å². The Morgan fingerprint density at radius 1 is 1.45 bits per heavy atom. The molecule has 1 aromatic heterocycles. The lowest BCUT2D eigenvalue weighted by Crippen LogP contribution is -2.41. The first kappa shape index (κ1) is 15.6. The summed E-state index contributed by atoms with van der Waals surface area (Å²) in [6.45, 7) is -0.0454. The molecule has 0 aliphatic heterocycles. The van der Waals surface area contributed by atoms with Gasteiger partial charge in [0.1, 0.15) is 23.3 Å².